The minimum absolute atomic E-state index is 0.169. The number of nitrogens with zero attached hydrogens (tertiary/aromatic N) is 1. The Hall–Kier alpha value is -0.860. The summed E-state index contributed by atoms with van der Waals surface area (Å²) >= 11 is 0. The van der Waals surface area contributed by atoms with Crippen LogP contribution in [0.15, 0.2) is 30.3 Å². The van der Waals surface area contributed by atoms with Crippen molar-refractivity contribution in [2.75, 3.05) is 7.05 Å². The Labute approximate surface area is 111 Å². The van der Waals surface area contributed by atoms with Crippen LogP contribution in [0.4, 0.5) is 0 Å². The lowest BCUT2D eigenvalue weighted by Gasteiger charge is -2.40. The summed E-state index contributed by atoms with van der Waals surface area (Å²) in [5, 5.41) is 10.2. The average molecular weight is 247 g/mol. The van der Waals surface area contributed by atoms with Crippen LogP contribution >= 0.6 is 0 Å². The van der Waals surface area contributed by atoms with Crippen molar-refractivity contribution >= 4 is 0 Å². The summed E-state index contributed by atoms with van der Waals surface area (Å²) in [5.74, 6) is 0.598. The lowest BCUT2D eigenvalue weighted by molar-refractivity contribution is 0.0129. The van der Waals surface area contributed by atoms with Crippen LogP contribution in [0.3, 0.4) is 0 Å². The first-order valence-electron chi connectivity index (χ1n) is 7.04. The van der Waals surface area contributed by atoms with E-state index in [0.717, 1.165) is 19.3 Å². The van der Waals surface area contributed by atoms with Gasteiger partial charge in [-0.25, -0.2) is 0 Å². The molecule has 3 unspecified atom stereocenters. The number of hydrogen-bond donors (Lipinski definition) is 1. The average Bonchev–Trinajstić information content (AvgIpc) is 2.39. The first kappa shape index (κ1) is 13.6. The standard InChI is InChI=1S/C16H25NO/c1-12(2)17(3)15-11-14(9-10-16(15)18)13-7-5-4-6-8-13/h4-8,12,14-16,18H,9-11H2,1-3H3. The van der Waals surface area contributed by atoms with E-state index in [2.05, 4.69) is 56.1 Å². The van der Waals surface area contributed by atoms with Crippen LogP contribution in [0.25, 0.3) is 0 Å². The molecule has 18 heavy (non-hydrogen) atoms. The SMILES string of the molecule is CC(C)N(C)C1CC(c2ccccc2)CCC1O. The van der Waals surface area contributed by atoms with E-state index in [-0.39, 0.29) is 6.10 Å². The van der Waals surface area contributed by atoms with Gasteiger partial charge < -0.3 is 5.11 Å². The van der Waals surface area contributed by atoms with Crippen LogP contribution in [-0.2, 0) is 0 Å². The third-order valence-electron chi connectivity index (χ3n) is 4.39. The zero-order valence-corrected chi connectivity index (χ0v) is 11.7. The molecule has 0 aromatic heterocycles. The highest BCUT2D eigenvalue weighted by Crippen LogP contribution is 2.35. The third-order valence-corrected chi connectivity index (χ3v) is 4.39. The molecule has 2 heteroatoms. The summed E-state index contributed by atoms with van der Waals surface area (Å²) in [7, 11) is 2.13. The van der Waals surface area contributed by atoms with Gasteiger partial charge in [-0.3, -0.25) is 4.90 Å². The van der Waals surface area contributed by atoms with Crippen LogP contribution in [0.2, 0.25) is 0 Å². The van der Waals surface area contributed by atoms with Gasteiger partial charge in [0.25, 0.3) is 0 Å². The lowest BCUT2D eigenvalue weighted by atomic mass is 9.79. The normalized spacial score (nSPS) is 28.9. The van der Waals surface area contributed by atoms with Gasteiger partial charge >= 0.3 is 0 Å². The molecule has 0 aliphatic heterocycles. The van der Waals surface area contributed by atoms with Crippen molar-refractivity contribution in [3.8, 4) is 0 Å². The highest BCUT2D eigenvalue weighted by Gasteiger charge is 2.33. The summed E-state index contributed by atoms with van der Waals surface area (Å²) in [6.07, 6.45) is 2.92. The molecule has 0 bridgehead atoms. The smallest absolute Gasteiger partial charge is 0.0695 e. The summed E-state index contributed by atoms with van der Waals surface area (Å²) in [5.41, 5.74) is 1.42. The van der Waals surface area contributed by atoms with Gasteiger partial charge in [0.2, 0.25) is 0 Å². The van der Waals surface area contributed by atoms with Gasteiger partial charge in [0.1, 0.15) is 0 Å². The molecule has 1 aliphatic rings. The quantitative estimate of drug-likeness (QED) is 0.887. The molecular formula is C16H25NO. The molecule has 1 aromatic rings. The molecule has 0 spiro atoms. The Morgan fingerprint density at radius 3 is 2.44 bits per heavy atom. The third kappa shape index (κ3) is 2.93. The second-order valence-corrected chi connectivity index (χ2v) is 5.81. The van der Waals surface area contributed by atoms with Crippen molar-refractivity contribution in [1.82, 2.24) is 4.90 Å². The predicted octanol–water partition coefficient (Wildman–Crippen LogP) is 3.02. The van der Waals surface area contributed by atoms with Gasteiger partial charge in [0.05, 0.1) is 6.10 Å². The van der Waals surface area contributed by atoms with Crippen LogP contribution in [0.1, 0.15) is 44.6 Å². The molecule has 1 N–H and O–H groups in total. The van der Waals surface area contributed by atoms with Crippen molar-refractivity contribution in [2.24, 2.45) is 0 Å². The Morgan fingerprint density at radius 2 is 1.83 bits per heavy atom. The van der Waals surface area contributed by atoms with Crippen LogP contribution in [-0.4, -0.2) is 35.2 Å². The molecule has 1 fully saturated rings. The molecule has 2 nitrogen and oxygen atoms in total. The van der Waals surface area contributed by atoms with Gasteiger partial charge in [-0.2, -0.15) is 0 Å². The minimum Gasteiger partial charge on any atom is -0.391 e. The number of aliphatic hydroxyl groups excluding tert-OH is 1. The number of benzene rings is 1. The van der Waals surface area contributed by atoms with E-state index in [4.69, 9.17) is 0 Å². The minimum atomic E-state index is -0.169. The second kappa shape index (κ2) is 5.85. The van der Waals surface area contributed by atoms with Gasteiger partial charge in [-0.05, 0) is 51.6 Å². The molecule has 100 valence electrons. The van der Waals surface area contributed by atoms with Crippen LogP contribution in [0, 0.1) is 0 Å². The van der Waals surface area contributed by atoms with E-state index in [9.17, 15) is 5.11 Å². The van der Waals surface area contributed by atoms with E-state index < -0.39 is 0 Å². The highest BCUT2D eigenvalue weighted by molar-refractivity contribution is 5.20. The van der Waals surface area contributed by atoms with Gasteiger partial charge in [0, 0.05) is 12.1 Å². The molecule has 2 rings (SSSR count). The molecule has 0 saturated heterocycles. The molecule has 1 saturated carbocycles. The van der Waals surface area contributed by atoms with Crippen LogP contribution < -0.4 is 0 Å². The second-order valence-electron chi connectivity index (χ2n) is 5.81. The largest absolute Gasteiger partial charge is 0.391 e. The van der Waals surface area contributed by atoms with Gasteiger partial charge in [-0.1, -0.05) is 30.3 Å². The van der Waals surface area contributed by atoms with Crippen molar-refractivity contribution < 1.29 is 5.11 Å². The van der Waals surface area contributed by atoms with E-state index in [0.29, 0.717) is 18.0 Å². The van der Waals surface area contributed by atoms with E-state index >= 15 is 0 Å². The molecule has 0 radical (unpaired) electrons. The maximum atomic E-state index is 10.2. The van der Waals surface area contributed by atoms with E-state index in [1.165, 1.54) is 5.56 Å². The first-order chi connectivity index (χ1) is 8.59. The first-order valence-corrected chi connectivity index (χ1v) is 7.04. The van der Waals surface area contributed by atoms with Crippen molar-refractivity contribution in [1.29, 1.82) is 0 Å². The highest BCUT2D eigenvalue weighted by atomic mass is 16.3. The number of likely N-dealkylation sites (N-methyl/N-ethyl adjacent to an activating group) is 1. The molecule has 1 aromatic carbocycles. The van der Waals surface area contributed by atoms with Gasteiger partial charge in [-0.15, -0.1) is 0 Å². The van der Waals surface area contributed by atoms with Crippen molar-refractivity contribution in [2.45, 2.75) is 57.2 Å². The Kier molecular flexibility index (Phi) is 4.41. The van der Waals surface area contributed by atoms with E-state index in [1.54, 1.807) is 0 Å². The summed E-state index contributed by atoms with van der Waals surface area (Å²) in [6, 6.07) is 11.5. The molecule has 3 atom stereocenters. The number of rotatable bonds is 3. The van der Waals surface area contributed by atoms with Crippen LogP contribution in [0.5, 0.6) is 0 Å². The van der Waals surface area contributed by atoms with Crippen molar-refractivity contribution in [3.05, 3.63) is 35.9 Å². The maximum absolute atomic E-state index is 10.2. The fourth-order valence-corrected chi connectivity index (χ4v) is 2.98. The molecule has 0 amide bonds. The Bertz CT molecular complexity index is 363. The predicted molar refractivity (Wildman–Crippen MR) is 75.7 cm³/mol. The number of aliphatic hydroxyl groups is 1. The molecule has 1 aliphatic carbocycles. The fourth-order valence-electron chi connectivity index (χ4n) is 2.98. The maximum Gasteiger partial charge on any atom is 0.0695 e. The summed E-state index contributed by atoms with van der Waals surface area (Å²) < 4.78 is 0. The van der Waals surface area contributed by atoms with Gasteiger partial charge in [0.15, 0.2) is 0 Å². The zero-order valence-electron chi connectivity index (χ0n) is 11.7. The monoisotopic (exact) mass is 247 g/mol. The van der Waals surface area contributed by atoms with E-state index in [1.807, 2.05) is 0 Å². The Balaban J connectivity index is 2.09. The zero-order chi connectivity index (χ0) is 13.1. The lowest BCUT2D eigenvalue weighted by Crippen LogP contribution is -2.47. The molecule has 0 heterocycles. The summed E-state index contributed by atoms with van der Waals surface area (Å²) in [6.45, 7) is 4.39. The Morgan fingerprint density at radius 1 is 1.17 bits per heavy atom. The fraction of sp³-hybridized carbons (Fsp3) is 0.625. The summed E-state index contributed by atoms with van der Waals surface area (Å²) in [4.78, 5) is 2.32. The van der Waals surface area contributed by atoms with Crippen molar-refractivity contribution in [3.63, 3.8) is 0 Å². The topological polar surface area (TPSA) is 23.5 Å². The molecular weight excluding hydrogens is 222 g/mol. The number of hydrogen-bond acceptors (Lipinski definition) is 2.